The van der Waals surface area contributed by atoms with Crippen LogP contribution in [0.2, 0.25) is 0 Å². The lowest BCUT2D eigenvalue weighted by atomic mass is 10.0. The standard InChI is InChI=1S/C16H16N2O2S/c1-2-20-15(19)13-5-3-11(4-6-13)12-7-9-14(10-8-12)18-16(17)21/h3-10H,2H2,1H3,(H3,17,18,21). The van der Waals surface area contributed by atoms with E-state index in [1.807, 2.05) is 36.4 Å². The van der Waals surface area contributed by atoms with Crippen molar-refractivity contribution >= 4 is 29.0 Å². The summed E-state index contributed by atoms with van der Waals surface area (Å²) in [4.78, 5) is 11.6. The predicted octanol–water partition coefficient (Wildman–Crippen LogP) is 3.19. The Morgan fingerprint density at radius 1 is 1.10 bits per heavy atom. The van der Waals surface area contributed by atoms with Gasteiger partial charge in [-0.05, 0) is 54.5 Å². The number of carbonyl (C=O) groups is 1. The summed E-state index contributed by atoms with van der Waals surface area (Å²) in [5.74, 6) is -0.306. The molecule has 0 saturated carbocycles. The number of nitrogens with two attached hydrogens (primary N) is 1. The second-order valence-electron chi connectivity index (χ2n) is 4.36. The van der Waals surface area contributed by atoms with E-state index in [2.05, 4.69) is 5.32 Å². The highest BCUT2D eigenvalue weighted by molar-refractivity contribution is 7.80. The van der Waals surface area contributed by atoms with Crippen molar-refractivity contribution < 1.29 is 9.53 Å². The topological polar surface area (TPSA) is 64.3 Å². The van der Waals surface area contributed by atoms with Crippen molar-refractivity contribution in [2.45, 2.75) is 6.92 Å². The minimum Gasteiger partial charge on any atom is -0.462 e. The van der Waals surface area contributed by atoms with E-state index in [0.29, 0.717) is 12.2 Å². The fraction of sp³-hybridized carbons (Fsp3) is 0.125. The number of benzene rings is 2. The van der Waals surface area contributed by atoms with Gasteiger partial charge < -0.3 is 15.8 Å². The average Bonchev–Trinajstić information content (AvgIpc) is 2.48. The maximum Gasteiger partial charge on any atom is 0.338 e. The molecule has 0 atom stereocenters. The predicted molar refractivity (Wildman–Crippen MR) is 88.2 cm³/mol. The lowest BCUT2D eigenvalue weighted by Gasteiger charge is -2.07. The Balaban J connectivity index is 2.15. The van der Waals surface area contributed by atoms with E-state index in [1.165, 1.54) is 0 Å². The van der Waals surface area contributed by atoms with Gasteiger partial charge in [-0.15, -0.1) is 0 Å². The second-order valence-corrected chi connectivity index (χ2v) is 4.80. The molecule has 0 unspecified atom stereocenters. The van der Waals surface area contributed by atoms with Crippen molar-refractivity contribution in [1.29, 1.82) is 0 Å². The zero-order chi connectivity index (χ0) is 15.2. The number of thiocarbonyl (C=S) groups is 1. The van der Waals surface area contributed by atoms with Crippen LogP contribution in [0.5, 0.6) is 0 Å². The molecule has 0 saturated heterocycles. The van der Waals surface area contributed by atoms with E-state index in [9.17, 15) is 4.79 Å². The van der Waals surface area contributed by atoms with Crippen molar-refractivity contribution in [2.24, 2.45) is 5.73 Å². The van der Waals surface area contributed by atoms with Crippen molar-refractivity contribution in [2.75, 3.05) is 11.9 Å². The summed E-state index contributed by atoms with van der Waals surface area (Å²) >= 11 is 4.79. The highest BCUT2D eigenvalue weighted by Gasteiger charge is 2.06. The number of esters is 1. The second kappa shape index (κ2) is 6.85. The lowest BCUT2D eigenvalue weighted by Crippen LogP contribution is -2.18. The van der Waals surface area contributed by atoms with Gasteiger partial charge in [0.1, 0.15) is 0 Å². The molecule has 108 valence electrons. The largest absolute Gasteiger partial charge is 0.462 e. The molecule has 3 N–H and O–H groups in total. The van der Waals surface area contributed by atoms with E-state index >= 15 is 0 Å². The molecule has 21 heavy (non-hydrogen) atoms. The maximum atomic E-state index is 11.6. The number of nitrogens with one attached hydrogen (secondary N) is 1. The Morgan fingerprint density at radius 2 is 1.62 bits per heavy atom. The van der Waals surface area contributed by atoms with Crippen molar-refractivity contribution in [3.8, 4) is 11.1 Å². The van der Waals surface area contributed by atoms with Gasteiger partial charge in [0.15, 0.2) is 5.11 Å². The van der Waals surface area contributed by atoms with Crippen LogP contribution in [-0.2, 0) is 4.74 Å². The van der Waals surface area contributed by atoms with Crippen LogP contribution in [0.15, 0.2) is 48.5 Å². The van der Waals surface area contributed by atoms with Crippen molar-refractivity contribution in [3.63, 3.8) is 0 Å². The van der Waals surface area contributed by atoms with Crippen molar-refractivity contribution in [1.82, 2.24) is 0 Å². The van der Waals surface area contributed by atoms with Crippen LogP contribution in [0.4, 0.5) is 5.69 Å². The molecule has 0 amide bonds. The molecule has 0 aliphatic carbocycles. The van der Waals surface area contributed by atoms with Gasteiger partial charge in [-0.1, -0.05) is 24.3 Å². The number of carbonyl (C=O) groups excluding carboxylic acids is 1. The summed E-state index contributed by atoms with van der Waals surface area (Å²) in [5.41, 5.74) is 8.87. The van der Waals surface area contributed by atoms with E-state index in [4.69, 9.17) is 22.7 Å². The summed E-state index contributed by atoms with van der Waals surface area (Å²) < 4.78 is 4.95. The van der Waals surface area contributed by atoms with Gasteiger partial charge in [-0.2, -0.15) is 0 Å². The fourth-order valence-corrected chi connectivity index (χ4v) is 2.02. The molecule has 0 heterocycles. The molecule has 0 bridgehead atoms. The van der Waals surface area contributed by atoms with E-state index in [0.717, 1.165) is 16.8 Å². The monoisotopic (exact) mass is 300 g/mol. The molecule has 5 heteroatoms. The zero-order valence-corrected chi connectivity index (χ0v) is 12.4. The van der Waals surface area contributed by atoms with Gasteiger partial charge in [-0.25, -0.2) is 4.79 Å². The number of hydrogen-bond donors (Lipinski definition) is 2. The SMILES string of the molecule is CCOC(=O)c1ccc(-c2ccc(NC(N)=S)cc2)cc1. The van der Waals surface area contributed by atoms with Crippen LogP contribution in [-0.4, -0.2) is 17.7 Å². The molecule has 0 aliphatic heterocycles. The van der Waals surface area contributed by atoms with E-state index in [1.54, 1.807) is 19.1 Å². The normalized spacial score (nSPS) is 9.95. The van der Waals surface area contributed by atoms with E-state index < -0.39 is 0 Å². The number of ether oxygens (including phenoxy) is 1. The van der Waals surface area contributed by atoms with Crippen LogP contribution in [0, 0.1) is 0 Å². The molecule has 0 aromatic heterocycles. The summed E-state index contributed by atoms with van der Waals surface area (Å²) in [6.45, 7) is 2.16. The van der Waals surface area contributed by atoms with Crippen molar-refractivity contribution in [3.05, 3.63) is 54.1 Å². The Morgan fingerprint density at radius 3 is 2.10 bits per heavy atom. The first kappa shape index (κ1) is 15.0. The zero-order valence-electron chi connectivity index (χ0n) is 11.6. The maximum absolute atomic E-state index is 11.6. The first-order chi connectivity index (χ1) is 10.1. The van der Waals surface area contributed by atoms with Gasteiger partial charge in [-0.3, -0.25) is 0 Å². The molecule has 4 nitrogen and oxygen atoms in total. The van der Waals surface area contributed by atoms with Gasteiger partial charge in [0.25, 0.3) is 0 Å². The average molecular weight is 300 g/mol. The van der Waals surface area contributed by atoms with Gasteiger partial charge in [0, 0.05) is 5.69 Å². The smallest absolute Gasteiger partial charge is 0.338 e. The molecular weight excluding hydrogens is 284 g/mol. The molecule has 2 aromatic carbocycles. The first-order valence-corrected chi connectivity index (χ1v) is 6.95. The number of hydrogen-bond acceptors (Lipinski definition) is 3. The Bertz CT molecular complexity index is 636. The summed E-state index contributed by atoms with van der Waals surface area (Å²) in [7, 11) is 0. The van der Waals surface area contributed by atoms with Gasteiger partial charge in [0.05, 0.1) is 12.2 Å². The first-order valence-electron chi connectivity index (χ1n) is 6.54. The van der Waals surface area contributed by atoms with Crippen LogP contribution < -0.4 is 11.1 Å². The summed E-state index contributed by atoms with van der Waals surface area (Å²) in [5, 5.41) is 3.11. The third-order valence-electron chi connectivity index (χ3n) is 2.88. The van der Waals surface area contributed by atoms with Gasteiger partial charge in [0.2, 0.25) is 0 Å². The molecule has 2 rings (SSSR count). The van der Waals surface area contributed by atoms with Crippen LogP contribution >= 0.6 is 12.2 Å². The molecule has 2 aromatic rings. The third kappa shape index (κ3) is 4.03. The Kier molecular flexibility index (Phi) is 4.90. The molecule has 0 radical (unpaired) electrons. The quantitative estimate of drug-likeness (QED) is 0.670. The Labute approximate surface area is 128 Å². The molecule has 0 spiro atoms. The fourth-order valence-electron chi connectivity index (χ4n) is 1.90. The minimum atomic E-state index is -0.306. The van der Waals surface area contributed by atoms with Crippen LogP contribution in [0.1, 0.15) is 17.3 Å². The summed E-state index contributed by atoms with van der Waals surface area (Å²) in [6, 6.07) is 15.0. The summed E-state index contributed by atoms with van der Waals surface area (Å²) in [6.07, 6.45) is 0. The lowest BCUT2D eigenvalue weighted by molar-refractivity contribution is 0.0526. The number of rotatable bonds is 4. The van der Waals surface area contributed by atoms with E-state index in [-0.39, 0.29) is 11.1 Å². The molecular formula is C16H16N2O2S. The third-order valence-corrected chi connectivity index (χ3v) is 2.98. The minimum absolute atomic E-state index is 0.238. The molecule has 0 aliphatic rings. The Hall–Kier alpha value is -2.40. The van der Waals surface area contributed by atoms with Crippen LogP contribution in [0.3, 0.4) is 0 Å². The highest BCUT2D eigenvalue weighted by Crippen LogP contribution is 2.22. The van der Waals surface area contributed by atoms with Gasteiger partial charge >= 0.3 is 5.97 Å². The molecule has 0 fully saturated rings. The highest BCUT2D eigenvalue weighted by atomic mass is 32.1. The van der Waals surface area contributed by atoms with Crippen LogP contribution in [0.25, 0.3) is 11.1 Å². The number of anilines is 1.